The summed E-state index contributed by atoms with van der Waals surface area (Å²) in [5.41, 5.74) is 9.66. The summed E-state index contributed by atoms with van der Waals surface area (Å²) in [6.45, 7) is 4.63. The predicted molar refractivity (Wildman–Crippen MR) is 82.4 cm³/mol. The third-order valence-electron chi connectivity index (χ3n) is 3.33. The van der Waals surface area contributed by atoms with Gasteiger partial charge in [-0.25, -0.2) is 0 Å². The second kappa shape index (κ2) is 6.95. The van der Waals surface area contributed by atoms with Gasteiger partial charge in [-0.15, -0.1) is 0 Å². The van der Waals surface area contributed by atoms with Gasteiger partial charge in [0.15, 0.2) is 0 Å². The minimum absolute atomic E-state index is 0.669. The topological polar surface area (TPSA) is 29.3 Å². The van der Waals surface area contributed by atoms with E-state index < -0.39 is 0 Å². The lowest BCUT2D eigenvalue weighted by molar-refractivity contribution is 0.789. The molecule has 0 radical (unpaired) electrons. The fraction of sp³-hybridized carbons (Fsp3) is 0.294. The van der Waals surface area contributed by atoms with Gasteiger partial charge in [-0.1, -0.05) is 49.4 Å². The van der Waals surface area contributed by atoms with E-state index in [4.69, 9.17) is 5.73 Å². The highest BCUT2D eigenvalue weighted by molar-refractivity contribution is 5.46. The summed E-state index contributed by atoms with van der Waals surface area (Å²) in [7, 11) is 0. The first kappa shape index (κ1) is 13.6. The molecule has 0 heterocycles. The summed E-state index contributed by atoms with van der Waals surface area (Å²) in [6.07, 6.45) is 1.09. The number of nitrogens with two attached hydrogens (primary N) is 1. The highest BCUT2D eigenvalue weighted by Crippen LogP contribution is 2.16. The Labute approximate surface area is 115 Å². The van der Waals surface area contributed by atoms with Crippen LogP contribution in [0.5, 0.6) is 0 Å². The third-order valence-corrected chi connectivity index (χ3v) is 3.33. The van der Waals surface area contributed by atoms with E-state index in [1.807, 2.05) is 6.07 Å². The minimum atomic E-state index is 0.669. The van der Waals surface area contributed by atoms with Crippen LogP contribution in [0.15, 0.2) is 54.6 Å². The van der Waals surface area contributed by atoms with Crippen molar-refractivity contribution in [3.05, 3.63) is 65.7 Å². The van der Waals surface area contributed by atoms with Crippen LogP contribution in [0.1, 0.15) is 18.1 Å². The smallest absolute Gasteiger partial charge is 0.0430 e. The summed E-state index contributed by atoms with van der Waals surface area (Å²) < 4.78 is 0. The van der Waals surface area contributed by atoms with Crippen molar-refractivity contribution in [3.63, 3.8) is 0 Å². The van der Waals surface area contributed by atoms with Gasteiger partial charge >= 0.3 is 0 Å². The quantitative estimate of drug-likeness (QED) is 0.857. The van der Waals surface area contributed by atoms with Gasteiger partial charge in [-0.05, 0) is 29.7 Å². The monoisotopic (exact) mass is 254 g/mol. The molecule has 2 N–H and O–H groups in total. The average Bonchev–Trinajstić information content (AvgIpc) is 2.48. The number of hydrogen-bond acceptors (Lipinski definition) is 2. The standard InChI is InChI=1S/C17H22N2/c1-2-15-8-10-16(11-9-15)14-19(13-12-18)17-6-4-3-5-7-17/h3-11H,2,12-14,18H2,1H3. The molecule has 0 aromatic heterocycles. The molecule has 2 nitrogen and oxygen atoms in total. The van der Waals surface area contributed by atoms with Gasteiger partial charge in [0.1, 0.15) is 0 Å². The van der Waals surface area contributed by atoms with Crippen molar-refractivity contribution < 1.29 is 0 Å². The zero-order valence-corrected chi connectivity index (χ0v) is 11.5. The van der Waals surface area contributed by atoms with E-state index in [0.717, 1.165) is 19.5 Å². The van der Waals surface area contributed by atoms with Crippen molar-refractivity contribution in [2.24, 2.45) is 5.73 Å². The fourth-order valence-corrected chi connectivity index (χ4v) is 2.19. The number of para-hydroxylation sites is 1. The maximum Gasteiger partial charge on any atom is 0.0430 e. The van der Waals surface area contributed by atoms with Gasteiger partial charge in [-0.3, -0.25) is 0 Å². The molecule has 19 heavy (non-hydrogen) atoms. The lowest BCUT2D eigenvalue weighted by atomic mass is 10.1. The summed E-state index contributed by atoms with van der Waals surface area (Å²) in [6, 6.07) is 19.3. The molecule has 2 aromatic rings. The van der Waals surface area contributed by atoms with Gasteiger partial charge in [0.05, 0.1) is 0 Å². The van der Waals surface area contributed by atoms with Crippen molar-refractivity contribution in [2.75, 3.05) is 18.0 Å². The minimum Gasteiger partial charge on any atom is -0.366 e. The molecule has 0 amide bonds. The number of benzene rings is 2. The second-order valence-electron chi connectivity index (χ2n) is 4.72. The molecule has 0 spiro atoms. The zero-order valence-electron chi connectivity index (χ0n) is 11.5. The molecule has 2 rings (SSSR count). The molecule has 100 valence electrons. The van der Waals surface area contributed by atoms with Crippen LogP contribution in [-0.4, -0.2) is 13.1 Å². The number of rotatable bonds is 6. The molecule has 0 aliphatic heterocycles. The van der Waals surface area contributed by atoms with Crippen LogP contribution < -0.4 is 10.6 Å². The Hall–Kier alpha value is -1.80. The molecular formula is C17H22N2. The van der Waals surface area contributed by atoms with Crippen LogP contribution in [0.4, 0.5) is 5.69 Å². The Bertz CT molecular complexity index is 476. The number of anilines is 1. The number of hydrogen-bond donors (Lipinski definition) is 1. The SMILES string of the molecule is CCc1ccc(CN(CCN)c2ccccc2)cc1. The van der Waals surface area contributed by atoms with Crippen LogP contribution in [0.2, 0.25) is 0 Å². The molecule has 0 saturated carbocycles. The Morgan fingerprint density at radius 2 is 1.53 bits per heavy atom. The van der Waals surface area contributed by atoms with Crippen LogP contribution in [0.3, 0.4) is 0 Å². The van der Waals surface area contributed by atoms with Crippen LogP contribution in [0.25, 0.3) is 0 Å². The van der Waals surface area contributed by atoms with E-state index in [0.29, 0.717) is 6.54 Å². The van der Waals surface area contributed by atoms with E-state index >= 15 is 0 Å². The molecule has 0 saturated heterocycles. The van der Waals surface area contributed by atoms with Crippen molar-refractivity contribution >= 4 is 5.69 Å². The Morgan fingerprint density at radius 1 is 0.895 bits per heavy atom. The maximum atomic E-state index is 5.72. The van der Waals surface area contributed by atoms with Crippen LogP contribution >= 0.6 is 0 Å². The predicted octanol–water partition coefficient (Wildman–Crippen LogP) is 3.21. The molecule has 0 atom stereocenters. The summed E-state index contributed by atoms with van der Waals surface area (Å²) >= 11 is 0. The average molecular weight is 254 g/mol. The Kier molecular flexibility index (Phi) is 4.99. The van der Waals surface area contributed by atoms with E-state index in [9.17, 15) is 0 Å². The molecule has 2 heteroatoms. The number of nitrogens with zero attached hydrogens (tertiary/aromatic N) is 1. The second-order valence-corrected chi connectivity index (χ2v) is 4.72. The van der Waals surface area contributed by atoms with Crippen LogP contribution in [0, 0.1) is 0 Å². The van der Waals surface area contributed by atoms with Gasteiger partial charge in [0, 0.05) is 25.3 Å². The first-order valence-corrected chi connectivity index (χ1v) is 6.91. The zero-order chi connectivity index (χ0) is 13.5. The van der Waals surface area contributed by atoms with Gasteiger partial charge < -0.3 is 10.6 Å². The Balaban J connectivity index is 2.11. The fourth-order valence-electron chi connectivity index (χ4n) is 2.19. The van der Waals surface area contributed by atoms with Crippen molar-refractivity contribution in [2.45, 2.75) is 19.9 Å². The largest absolute Gasteiger partial charge is 0.366 e. The molecule has 0 bridgehead atoms. The highest BCUT2D eigenvalue weighted by atomic mass is 15.1. The normalized spacial score (nSPS) is 10.4. The first-order chi connectivity index (χ1) is 9.33. The highest BCUT2D eigenvalue weighted by Gasteiger charge is 2.05. The first-order valence-electron chi connectivity index (χ1n) is 6.91. The lowest BCUT2D eigenvalue weighted by Gasteiger charge is -2.24. The lowest BCUT2D eigenvalue weighted by Crippen LogP contribution is -2.28. The maximum absolute atomic E-state index is 5.72. The molecule has 0 aliphatic carbocycles. The van der Waals surface area contributed by atoms with Crippen LogP contribution in [-0.2, 0) is 13.0 Å². The van der Waals surface area contributed by atoms with E-state index in [1.165, 1.54) is 16.8 Å². The molecule has 0 aliphatic rings. The molecule has 0 fully saturated rings. The molecular weight excluding hydrogens is 232 g/mol. The van der Waals surface area contributed by atoms with Crippen molar-refractivity contribution in [1.82, 2.24) is 0 Å². The summed E-state index contributed by atoms with van der Waals surface area (Å²) in [4.78, 5) is 2.32. The summed E-state index contributed by atoms with van der Waals surface area (Å²) in [5.74, 6) is 0. The van der Waals surface area contributed by atoms with Gasteiger partial charge in [-0.2, -0.15) is 0 Å². The van der Waals surface area contributed by atoms with E-state index in [1.54, 1.807) is 0 Å². The van der Waals surface area contributed by atoms with Gasteiger partial charge in [0.25, 0.3) is 0 Å². The Morgan fingerprint density at radius 3 is 2.11 bits per heavy atom. The number of aryl methyl sites for hydroxylation is 1. The van der Waals surface area contributed by atoms with Crippen molar-refractivity contribution in [3.8, 4) is 0 Å². The summed E-state index contributed by atoms with van der Waals surface area (Å²) in [5, 5.41) is 0. The van der Waals surface area contributed by atoms with E-state index in [-0.39, 0.29) is 0 Å². The molecule has 0 unspecified atom stereocenters. The third kappa shape index (κ3) is 3.83. The van der Waals surface area contributed by atoms with Gasteiger partial charge in [0.2, 0.25) is 0 Å². The van der Waals surface area contributed by atoms with Crippen molar-refractivity contribution in [1.29, 1.82) is 0 Å². The van der Waals surface area contributed by atoms with E-state index in [2.05, 4.69) is 60.4 Å². The molecule has 2 aromatic carbocycles.